The van der Waals surface area contributed by atoms with Gasteiger partial charge < -0.3 is 24.4 Å². The van der Waals surface area contributed by atoms with E-state index < -0.39 is 6.10 Å². The van der Waals surface area contributed by atoms with E-state index in [-0.39, 0.29) is 11.8 Å². The molecule has 1 aliphatic heterocycles. The fourth-order valence-corrected chi connectivity index (χ4v) is 4.06. The van der Waals surface area contributed by atoms with Crippen molar-refractivity contribution in [3.05, 3.63) is 54.1 Å². The lowest BCUT2D eigenvalue weighted by molar-refractivity contribution is -0.144. The van der Waals surface area contributed by atoms with Gasteiger partial charge in [0.05, 0.1) is 19.9 Å². The largest absolute Gasteiger partial charge is 0.497 e. The Hall–Kier alpha value is -3.06. The van der Waals surface area contributed by atoms with Crippen molar-refractivity contribution < 1.29 is 23.8 Å². The Labute approximate surface area is 189 Å². The van der Waals surface area contributed by atoms with E-state index in [0.29, 0.717) is 42.6 Å². The molecule has 32 heavy (non-hydrogen) atoms. The van der Waals surface area contributed by atoms with Crippen molar-refractivity contribution >= 4 is 17.5 Å². The molecule has 0 spiro atoms. The summed E-state index contributed by atoms with van der Waals surface area (Å²) < 4.78 is 16.0. The average molecular weight is 441 g/mol. The third kappa shape index (κ3) is 6.01. The van der Waals surface area contributed by atoms with Gasteiger partial charge in [0.1, 0.15) is 11.5 Å². The predicted octanol–water partition coefficient (Wildman–Crippen LogP) is 4.05. The van der Waals surface area contributed by atoms with Crippen molar-refractivity contribution in [1.29, 1.82) is 0 Å². The smallest absolute Gasteiger partial charge is 0.256 e. The highest BCUT2D eigenvalue weighted by atomic mass is 16.5. The topological polar surface area (TPSA) is 77.1 Å². The Bertz CT molecular complexity index is 894. The van der Waals surface area contributed by atoms with Crippen molar-refractivity contribution in [3.63, 3.8) is 0 Å². The fourth-order valence-electron chi connectivity index (χ4n) is 4.06. The van der Waals surface area contributed by atoms with Gasteiger partial charge in [-0.1, -0.05) is 30.3 Å². The Balaban J connectivity index is 1.46. The summed E-state index contributed by atoms with van der Waals surface area (Å²) in [5.74, 6) is 1.61. The van der Waals surface area contributed by atoms with Crippen LogP contribution in [-0.4, -0.2) is 51.1 Å². The minimum Gasteiger partial charge on any atom is -0.497 e. The Morgan fingerprint density at radius 3 is 2.38 bits per heavy atom. The third-order valence-electron chi connectivity index (χ3n) is 5.95. The fraction of sp³-hybridized carbons (Fsp3) is 0.440. The van der Waals surface area contributed by atoms with Gasteiger partial charge in [-0.15, -0.1) is 0 Å². The van der Waals surface area contributed by atoms with E-state index in [1.165, 1.54) is 0 Å². The second-order valence-corrected chi connectivity index (χ2v) is 7.95. The first-order valence-corrected chi connectivity index (χ1v) is 10.9. The number of hydrogen-bond acceptors (Lipinski definition) is 5. The van der Waals surface area contributed by atoms with Crippen molar-refractivity contribution in [1.82, 2.24) is 4.90 Å². The van der Waals surface area contributed by atoms with Gasteiger partial charge in [-0.3, -0.25) is 9.59 Å². The van der Waals surface area contributed by atoms with Gasteiger partial charge in [0.25, 0.3) is 5.91 Å². The summed E-state index contributed by atoms with van der Waals surface area (Å²) in [6, 6.07) is 14.9. The van der Waals surface area contributed by atoms with E-state index in [9.17, 15) is 9.59 Å². The Morgan fingerprint density at radius 1 is 1.03 bits per heavy atom. The third-order valence-corrected chi connectivity index (χ3v) is 5.95. The number of ether oxygens (including phenoxy) is 3. The van der Waals surface area contributed by atoms with Crippen LogP contribution in [0.2, 0.25) is 0 Å². The van der Waals surface area contributed by atoms with Crippen LogP contribution in [0, 0.1) is 5.92 Å². The van der Waals surface area contributed by atoms with E-state index in [0.717, 1.165) is 24.8 Å². The van der Waals surface area contributed by atoms with Crippen LogP contribution in [0.1, 0.15) is 37.4 Å². The first-order chi connectivity index (χ1) is 15.5. The number of methoxy groups -OCH3 is 3. The van der Waals surface area contributed by atoms with Crippen LogP contribution in [0.25, 0.3) is 0 Å². The van der Waals surface area contributed by atoms with E-state index in [1.807, 2.05) is 35.2 Å². The number of piperidine rings is 1. The minimum absolute atomic E-state index is 0.00138. The molecule has 0 saturated carbocycles. The molecule has 0 radical (unpaired) electrons. The number of nitrogens with zero attached hydrogens (tertiary/aromatic N) is 1. The standard InChI is InChI=1S/C25H32N2O5/c1-30-20-10-11-21(22(17-20)31-2)26-23(28)12-9-18-13-15-27(16-14-18)25(29)24(32-3)19-7-5-4-6-8-19/h4-8,10-11,17-18,24H,9,12-16H2,1-3H3,(H,26,28)/t24-/m1/s1. The highest BCUT2D eigenvalue weighted by molar-refractivity contribution is 5.92. The maximum Gasteiger partial charge on any atom is 0.256 e. The number of carbonyl (C=O) groups is 2. The molecule has 0 unspecified atom stereocenters. The molecule has 1 aliphatic rings. The molecular weight excluding hydrogens is 408 g/mol. The molecule has 2 aromatic rings. The van der Waals surface area contributed by atoms with Crippen LogP contribution in [0.5, 0.6) is 11.5 Å². The number of hydrogen-bond donors (Lipinski definition) is 1. The molecule has 7 nitrogen and oxygen atoms in total. The van der Waals surface area contributed by atoms with Gasteiger partial charge in [0, 0.05) is 32.7 Å². The number of amides is 2. The van der Waals surface area contributed by atoms with Crippen LogP contribution in [0.4, 0.5) is 5.69 Å². The second kappa shape index (κ2) is 11.5. The van der Waals surface area contributed by atoms with E-state index >= 15 is 0 Å². The number of anilines is 1. The quantitative estimate of drug-likeness (QED) is 0.637. The SMILES string of the molecule is COc1ccc(NC(=O)CCC2CCN(C(=O)[C@H](OC)c3ccccc3)CC2)c(OC)c1. The number of rotatable bonds is 9. The van der Waals surface area contributed by atoms with Crippen molar-refractivity contribution in [3.8, 4) is 11.5 Å². The number of benzene rings is 2. The van der Waals surface area contributed by atoms with Crippen LogP contribution in [0.15, 0.2) is 48.5 Å². The molecule has 1 saturated heterocycles. The molecule has 1 atom stereocenters. The Kier molecular flexibility index (Phi) is 8.50. The van der Waals surface area contributed by atoms with E-state index in [2.05, 4.69) is 5.32 Å². The molecule has 0 aliphatic carbocycles. The molecule has 0 bridgehead atoms. The van der Waals surface area contributed by atoms with E-state index in [1.54, 1.807) is 39.5 Å². The molecule has 2 amide bonds. The van der Waals surface area contributed by atoms with Crippen molar-refractivity contribution in [2.75, 3.05) is 39.7 Å². The van der Waals surface area contributed by atoms with Crippen LogP contribution in [0.3, 0.4) is 0 Å². The van der Waals surface area contributed by atoms with Crippen molar-refractivity contribution in [2.24, 2.45) is 5.92 Å². The molecule has 1 fully saturated rings. The first-order valence-electron chi connectivity index (χ1n) is 10.9. The maximum atomic E-state index is 12.9. The zero-order valence-corrected chi connectivity index (χ0v) is 19.0. The van der Waals surface area contributed by atoms with Gasteiger partial charge in [-0.2, -0.15) is 0 Å². The summed E-state index contributed by atoms with van der Waals surface area (Å²) >= 11 is 0. The molecule has 3 rings (SSSR count). The molecule has 1 heterocycles. The van der Waals surface area contributed by atoms with Gasteiger partial charge in [0.15, 0.2) is 6.10 Å². The molecule has 7 heteroatoms. The zero-order valence-electron chi connectivity index (χ0n) is 19.0. The normalized spacial score (nSPS) is 15.2. The molecule has 0 aromatic heterocycles. The maximum absolute atomic E-state index is 12.9. The predicted molar refractivity (Wildman–Crippen MR) is 123 cm³/mol. The number of likely N-dealkylation sites (tertiary alicyclic amines) is 1. The van der Waals surface area contributed by atoms with Gasteiger partial charge in [-0.25, -0.2) is 0 Å². The lowest BCUT2D eigenvalue weighted by Gasteiger charge is -2.34. The highest BCUT2D eigenvalue weighted by Gasteiger charge is 2.29. The summed E-state index contributed by atoms with van der Waals surface area (Å²) in [5.41, 5.74) is 1.50. The van der Waals surface area contributed by atoms with Crippen LogP contribution >= 0.6 is 0 Å². The Morgan fingerprint density at radius 2 is 1.75 bits per heavy atom. The molecular formula is C25H32N2O5. The highest BCUT2D eigenvalue weighted by Crippen LogP contribution is 2.30. The average Bonchev–Trinajstić information content (AvgIpc) is 2.84. The lowest BCUT2D eigenvalue weighted by Crippen LogP contribution is -2.41. The first kappa shape index (κ1) is 23.6. The molecule has 172 valence electrons. The molecule has 2 aromatic carbocycles. The van der Waals surface area contributed by atoms with Crippen LogP contribution < -0.4 is 14.8 Å². The summed E-state index contributed by atoms with van der Waals surface area (Å²) in [4.78, 5) is 27.3. The summed E-state index contributed by atoms with van der Waals surface area (Å²) in [5, 5.41) is 2.92. The number of nitrogens with one attached hydrogen (secondary N) is 1. The lowest BCUT2D eigenvalue weighted by atomic mass is 9.91. The van der Waals surface area contributed by atoms with Crippen molar-refractivity contribution in [2.45, 2.75) is 31.8 Å². The molecule has 1 N–H and O–H groups in total. The summed E-state index contributed by atoms with van der Waals surface area (Å²) in [6.07, 6.45) is 2.42. The van der Waals surface area contributed by atoms with Crippen LogP contribution in [-0.2, 0) is 14.3 Å². The summed E-state index contributed by atoms with van der Waals surface area (Å²) in [6.45, 7) is 1.37. The second-order valence-electron chi connectivity index (χ2n) is 7.95. The van der Waals surface area contributed by atoms with Gasteiger partial charge in [-0.05, 0) is 42.9 Å². The monoisotopic (exact) mass is 440 g/mol. The van der Waals surface area contributed by atoms with Gasteiger partial charge >= 0.3 is 0 Å². The van der Waals surface area contributed by atoms with Gasteiger partial charge in [0.2, 0.25) is 5.91 Å². The zero-order chi connectivity index (χ0) is 22.9. The summed E-state index contributed by atoms with van der Waals surface area (Å²) in [7, 11) is 4.72. The van der Waals surface area contributed by atoms with E-state index in [4.69, 9.17) is 14.2 Å². The minimum atomic E-state index is -0.571. The number of carbonyl (C=O) groups excluding carboxylic acids is 2.